The number of carboxylic acids is 1. The van der Waals surface area contributed by atoms with E-state index in [2.05, 4.69) is 19.9 Å². The Kier molecular flexibility index (Phi) is 7.22. The predicted octanol–water partition coefficient (Wildman–Crippen LogP) is 6.04. The highest BCUT2D eigenvalue weighted by Gasteiger charge is 2.32. The third-order valence-electron chi connectivity index (χ3n) is 4.38. The second-order valence-corrected chi connectivity index (χ2v) is 8.29. The molecule has 0 unspecified atom stereocenters. The number of H-pyrrole nitrogens is 1. The Bertz CT molecular complexity index is 1340. The van der Waals surface area contributed by atoms with Crippen LogP contribution in [0.1, 0.15) is 5.56 Å². The number of benzene rings is 2. The first-order chi connectivity index (χ1) is 16.7. The molecule has 4 rings (SSSR count). The van der Waals surface area contributed by atoms with Crippen molar-refractivity contribution >= 4 is 29.3 Å². The fourth-order valence-electron chi connectivity index (χ4n) is 2.92. The van der Waals surface area contributed by atoms with Gasteiger partial charge in [0, 0.05) is 5.56 Å². The maximum Gasteiger partial charge on any atom is 0.573 e. The van der Waals surface area contributed by atoms with E-state index in [0.29, 0.717) is 34.2 Å². The van der Waals surface area contributed by atoms with Crippen molar-refractivity contribution < 1.29 is 37.0 Å². The summed E-state index contributed by atoms with van der Waals surface area (Å²) in [7, 11) is 0. The van der Waals surface area contributed by atoms with Gasteiger partial charge in [-0.05, 0) is 42.0 Å². The van der Waals surface area contributed by atoms with Gasteiger partial charge in [-0.15, -0.1) is 18.3 Å². The molecule has 8 nitrogen and oxygen atoms in total. The van der Waals surface area contributed by atoms with Crippen LogP contribution in [0.15, 0.2) is 64.2 Å². The van der Waals surface area contributed by atoms with Gasteiger partial charge in [0.1, 0.15) is 23.9 Å². The number of furan rings is 1. The summed E-state index contributed by atoms with van der Waals surface area (Å²) in [6.07, 6.45) is -4.83. The van der Waals surface area contributed by atoms with E-state index < -0.39 is 18.1 Å². The van der Waals surface area contributed by atoms with Crippen molar-refractivity contribution in [1.82, 2.24) is 15.2 Å². The van der Waals surface area contributed by atoms with Gasteiger partial charge >= 0.3 is 12.3 Å². The minimum absolute atomic E-state index is 0.0632. The summed E-state index contributed by atoms with van der Waals surface area (Å²) in [5.41, 5.74) is 1.26. The lowest BCUT2D eigenvalue weighted by atomic mass is 10.1. The highest BCUT2D eigenvalue weighted by molar-refractivity contribution is 7.99. The van der Waals surface area contributed by atoms with E-state index in [0.717, 1.165) is 17.8 Å². The first-order valence-corrected chi connectivity index (χ1v) is 11.2. The maximum absolute atomic E-state index is 12.4. The topological polar surface area (TPSA) is 110 Å². The number of alkyl halides is 3. The largest absolute Gasteiger partial charge is 0.573 e. The van der Waals surface area contributed by atoms with Crippen molar-refractivity contribution in [2.24, 2.45) is 0 Å². The number of nitrogens with one attached hydrogen (secondary N) is 1. The Labute approximate surface area is 205 Å². The summed E-state index contributed by atoms with van der Waals surface area (Å²) in [5, 5.41) is 15.5. The lowest BCUT2D eigenvalue weighted by molar-refractivity contribution is -0.274. The number of thioether (sulfide) groups is 1. The molecule has 2 heterocycles. The standard InChI is InChI=1S/C22H15ClF3N3O5S/c23-15-8-12(4-5-17(15)34-22(24,25)26)10-32-14-3-1-2-13(9-14)16-6-7-18(33-16)20-27-21(29-28-20)35-11-19(30)31/h1-9H,10-11H2,(H,30,31)(H,27,28,29). The van der Waals surface area contributed by atoms with Gasteiger partial charge in [-0.2, -0.15) is 4.98 Å². The molecule has 0 atom stereocenters. The van der Waals surface area contributed by atoms with Crippen LogP contribution in [-0.2, 0) is 11.4 Å². The third-order valence-corrected chi connectivity index (χ3v) is 5.50. The molecule has 0 aliphatic rings. The minimum atomic E-state index is -4.83. The van der Waals surface area contributed by atoms with E-state index in [-0.39, 0.29) is 22.5 Å². The van der Waals surface area contributed by atoms with Crippen LogP contribution < -0.4 is 9.47 Å². The number of hydrogen-bond donors (Lipinski definition) is 2. The molecule has 0 saturated carbocycles. The summed E-state index contributed by atoms with van der Waals surface area (Å²) in [5.74, 6) is 0.170. The number of hydrogen-bond acceptors (Lipinski definition) is 7. The maximum atomic E-state index is 12.4. The zero-order chi connectivity index (χ0) is 25.0. The zero-order valence-electron chi connectivity index (χ0n) is 17.5. The highest BCUT2D eigenvalue weighted by Crippen LogP contribution is 2.32. The smallest absolute Gasteiger partial charge is 0.489 e. The van der Waals surface area contributed by atoms with Crippen molar-refractivity contribution in [3.05, 3.63) is 65.2 Å². The number of carboxylic acid groups (broad SMARTS) is 1. The molecule has 0 aliphatic heterocycles. The summed E-state index contributed by atoms with van der Waals surface area (Å²) in [6.45, 7) is 0.0632. The SMILES string of the molecule is O=C(O)CSc1n[nH]c(-c2ccc(-c3cccc(OCc4ccc(OC(F)(F)F)c(Cl)c4)c3)o2)n1. The number of aromatic amines is 1. The second kappa shape index (κ2) is 10.3. The molecule has 0 radical (unpaired) electrons. The molecule has 2 aromatic heterocycles. The van der Waals surface area contributed by atoms with Gasteiger partial charge < -0.3 is 19.0 Å². The second-order valence-electron chi connectivity index (χ2n) is 6.94. The van der Waals surface area contributed by atoms with Gasteiger partial charge in [0.25, 0.3) is 0 Å². The number of aromatic nitrogens is 3. The van der Waals surface area contributed by atoms with E-state index >= 15 is 0 Å². The summed E-state index contributed by atoms with van der Waals surface area (Å²) < 4.78 is 52.6. The van der Waals surface area contributed by atoms with Gasteiger partial charge in [-0.1, -0.05) is 41.6 Å². The van der Waals surface area contributed by atoms with Crippen molar-refractivity contribution in [3.63, 3.8) is 0 Å². The number of rotatable bonds is 9. The van der Waals surface area contributed by atoms with E-state index in [1.165, 1.54) is 12.1 Å². The molecule has 0 fully saturated rings. The molecule has 182 valence electrons. The Hall–Kier alpha value is -3.64. The van der Waals surface area contributed by atoms with Crippen LogP contribution in [0.4, 0.5) is 13.2 Å². The number of ether oxygens (including phenoxy) is 2. The molecular formula is C22H15ClF3N3O5S. The monoisotopic (exact) mass is 525 g/mol. The first-order valence-electron chi connectivity index (χ1n) is 9.81. The van der Waals surface area contributed by atoms with Crippen molar-refractivity contribution in [2.75, 3.05) is 5.75 Å². The number of carbonyl (C=O) groups is 1. The lowest BCUT2D eigenvalue weighted by Gasteiger charge is -2.12. The predicted molar refractivity (Wildman–Crippen MR) is 120 cm³/mol. The normalized spacial score (nSPS) is 11.4. The Morgan fingerprint density at radius 1 is 1.14 bits per heavy atom. The van der Waals surface area contributed by atoms with Gasteiger partial charge in [0.05, 0.1) is 10.8 Å². The van der Waals surface area contributed by atoms with Crippen LogP contribution in [0.25, 0.3) is 22.9 Å². The van der Waals surface area contributed by atoms with E-state index in [1.54, 1.807) is 30.3 Å². The molecule has 2 N–H and O–H groups in total. The van der Waals surface area contributed by atoms with Crippen LogP contribution in [0.5, 0.6) is 11.5 Å². The molecule has 2 aromatic carbocycles. The summed E-state index contributed by atoms with van der Waals surface area (Å²) >= 11 is 6.86. The van der Waals surface area contributed by atoms with Crippen molar-refractivity contribution in [2.45, 2.75) is 18.1 Å². The average Bonchev–Trinajstić information content (AvgIpc) is 3.47. The van der Waals surface area contributed by atoms with Gasteiger partial charge in [-0.25, -0.2) is 0 Å². The third kappa shape index (κ3) is 6.70. The quantitative estimate of drug-likeness (QED) is 0.254. The summed E-state index contributed by atoms with van der Waals surface area (Å²) in [6, 6.07) is 14.4. The fraction of sp³-hybridized carbons (Fsp3) is 0.136. The van der Waals surface area contributed by atoms with E-state index in [9.17, 15) is 18.0 Å². The van der Waals surface area contributed by atoms with Crippen LogP contribution in [0.3, 0.4) is 0 Å². The molecule has 35 heavy (non-hydrogen) atoms. The number of aliphatic carboxylic acids is 1. The average molecular weight is 526 g/mol. The zero-order valence-corrected chi connectivity index (χ0v) is 19.1. The lowest BCUT2D eigenvalue weighted by Crippen LogP contribution is -2.17. The van der Waals surface area contributed by atoms with Gasteiger partial charge in [0.15, 0.2) is 11.6 Å². The van der Waals surface area contributed by atoms with Gasteiger partial charge in [-0.3, -0.25) is 9.89 Å². The molecule has 0 bridgehead atoms. The molecule has 0 saturated heterocycles. The van der Waals surface area contributed by atoms with Crippen molar-refractivity contribution in [3.8, 4) is 34.4 Å². The van der Waals surface area contributed by atoms with Crippen LogP contribution in [0, 0.1) is 0 Å². The van der Waals surface area contributed by atoms with Gasteiger partial charge in [0.2, 0.25) is 5.16 Å². The molecule has 13 heteroatoms. The first kappa shape index (κ1) is 24.5. The number of nitrogens with zero attached hydrogens (tertiary/aromatic N) is 2. The molecule has 0 amide bonds. The summed E-state index contributed by atoms with van der Waals surface area (Å²) in [4.78, 5) is 14.9. The molecule has 0 spiro atoms. The Morgan fingerprint density at radius 2 is 1.94 bits per heavy atom. The van der Waals surface area contributed by atoms with E-state index in [1.807, 2.05) is 6.07 Å². The van der Waals surface area contributed by atoms with Crippen LogP contribution in [0.2, 0.25) is 5.02 Å². The van der Waals surface area contributed by atoms with Crippen molar-refractivity contribution in [1.29, 1.82) is 0 Å². The van der Waals surface area contributed by atoms with Crippen LogP contribution in [-0.4, -0.2) is 38.4 Å². The molecular weight excluding hydrogens is 511 g/mol. The highest BCUT2D eigenvalue weighted by atomic mass is 35.5. The molecule has 0 aliphatic carbocycles. The Balaban J connectivity index is 1.41. The molecule has 4 aromatic rings. The number of halogens is 4. The fourth-order valence-corrected chi connectivity index (χ4v) is 3.68. The van der Waals surface area contributed by atoms with E-state index in [4.69, 9.17) is 25.9 Å². The van der Waals surface area contributed by atoms with Crippen LogP contribution >= 0.6 is 23.4 Å². The Morgan fingerprint density at radius 3 is 2.69 bits per heavy atom. The minimum Gasteiger partial charge on any atom is -0.489 e.